The molecule has 1 unspecified atom stereocenters. The highest BCUT2D eigenvalue weighted by atomic mass is 35.6. The Morgan fingerprint density at radius 3 is 2.41 bits per heavy atom. The van der Waals surface area contributed by atoms with E-state index in [-0.39, 0.29) is 6.61 Å². The molecule has 3 nitrogen and oxygen atoms in total. The van der Waals surface area contributed by atoms with Crippen molar-refractivity contribution in [3.8, 4) is 0 Å². The van der Waals surface area contributed by atoms with E-state index in [1.807, 2.05) is 6.07 Å². The Kier molecular flexibility index (Phi) is 5.67. The van der Waals surface area contributed by atoms with Crippen molar-refractivity contribution < 1.29 is 9.53 Å². The van der Waals surface area contributed by atoms with Crippen molar-refractivity contribution in [1.82, 2.24) is 0 Å². The molecule has 94 valence electrons. The first-order valence-electron chi connectivity index (χ1n) is 4.59. The zero-order valence-corrected chi connectivity index (χ0v) is 11.5. The first-order chi connectivity index (χ1) is 7.89. The van der Waals surface area contributed by atoms with Gasteiger partial charge in [0.25, 0.3) is 0 Å². The fraction of sp³-hybridized carbons (Fsp3) is 0.300. The molecule has 0 spiro atoms. The van der Waals surface area contributed by atoms with E-state index < -0.39 is 15.3 Å². The summed E-state index contributed by atoms with van der Waals surface area (Å²) in [6, 6.07) is 8.82. The van der Waals surface area contributed by atoms with Gasteiger partial charge in [0.2, 0.25) is 3.79 Å². The number of alkyl halides is 4. The average molecular weight is 317 g/mol. The SMILES string of the molecule is O=C(Nc1ccccc1)OCC(Cl)C(Cl)(Cl)Cl. The molecule has 0 radical (unpaired) electrons. The van der Waals surface area contributed by atoms with Crippen LogP contribution in [0.3, 0.4) is 0 Å². The number of benzene rings is 1. The second-order valence-electron chi connectivity index (χ2n) is 3.10. The van der Waals surface area contributed by atoms with Crippen molar-refractivity contribution in [3.63, 3.8) is 0 Å². The van der Waals surface area contributed by atoms with Crippen LogP contribution in [0.15, 0.2) is 30.3 Å². The normalized spacial score (nSPS) is 12.9. The molecule has 0 aliphatic heterocycles. The van der Waals surface area contributed by atoms with E-state index in [4.69, 9.17) is 51.1 Å². The maximum Gasteiger partial charge on any atom is 0.411 e. The lowest BCUT2D eigenvalue weighted by Crippen LogP contribution is -2.27. The van der Waals surface area contributed by atoms with Crippen molar-refractivity contribution in [3.05, 3.63) is 30.3 Å². The molecule has 17 heavy (non-hydrogen) atoms. The number of ether oxygens (including phenoxy) is 1. The third kappa shape index (κ3) is 5.68. The van der Waals surface area contributed by atoms with Crippen molar-refractivity contribution in [2.45, 2.75) is 9.17 Å². The Morgan fingerprint density at radius 2 is 1.88 bits per heavy atom. The van der Waals surface area contributed by atoms with Gasteiger partial charge >= 0.3 is 6.09 Å². The van der Waals surface area contributed by atoms with Crippen LogP contribution in [-0.4, -0.2) is 21.9 Å². The van der Waals surface area contributed by atoms with Crippen LogP contribution in [0.1, 0.15) is 0 Å². The van der Waals surface area contributed by atoms with Gasteiger partial charge in [0.15, 0.2) is 0 Å². The Morgan fingerprint density at radius 1 is 1.29 bits per heavy atom. The number of hydrogen-bond acceptors (Lipinski definition) is 2. The summed E-state index contributed by atoms with van der Waals surface area (Å²) in [6.45, 7) is -0.198. The average Bonchev–Trinajstić information content (AvgIpc) is 2.26. The Labute approximate surface area is 119 Å². The Hall–Kier alpha value is -0.350. The summed E-state index contributed by atoms with van der Waals surface area (Å²) in [5.74, 6) is 0. The number of halogens is 4. The number of carbonyl (C=O) groups excluding carboxylic acids is 1. The van der Waals surface area contributed by atoms with Gasteiger partial charge in [0.05, 0.1) is 0 Å². The van der Waals surface area contributed by atoms with Crippen LogP contribution in [-0.2, 0) is 4.74 Å². The summed E-state index contributed by atoms with van der Waals surface area (Å²) >= 11 is 22.2. The van der Waals surface area contributed by atoms with Crippen molar-refractivity contribution in [1.29, 1.82) is 0 Å². The third-order valence-electron chi connectivity index (χ3n) is 1.74. The second kappa shape index (κ2) is 6.55. The number of carbonyl (C=O) groups is 1. The lowest BCUT2D eigenvalue weighted by atomic mass is 10.3. The summed E-state index contributed by atoms with van der Waals surface area (Å²) in [5, 5.41) is 1.59. The maximum absolute atomic E-state index is 11.3. The van der Waals surface area contributed by atoms with Crippen LogP contribution in [0.4, 0.5) is 10.5 Å². The molecule has 0 aliphatic rings. The quantitative estimate of drug-likeness (QED) is 0.848. The summed E-state index contributed by atoms with van der Waals surface area (Å²) in [4.78, 5) is 11.3. The highest BCUT2D eigenvalue weighted by Crippen LogP contribution is 2.33. The monoisotopic (exact) mass is 315 g/mol. The lowest BCUT2D eigenvalue weighted by molar-refractivity contribution is 0.161. The largest absolute Gasteiger partial charge is 0.448 e. The van der Waals surface area contributed by atoms with Crippen LogP contribution in [0.5, 0.6) is 0 Å². The van der Waals surface area contributed by atoms with E-state index in [2.05, 4.69) is 5.32 Å². The van der Waals surface area contributed by atoms with E-state index >= 15 is 0 Å². The van der Waals surface area contributed by atoms with E-state index in [9.17, 15) is 4.79 Å². The number of anilines is 1. The fourth-order valence-electron chi connectivity index (χ4n) is 0.919. The minimum Gasteiger partial charge on any atom is -0.448 e. The van der Waals surface area contributed by atoms with Gasteiger partial charge in [-0.25, -0.2) is 4.79 Å². The van der Waals surface area contributed by atoms with Crippen molar-refractivity contribution in [2.24, 2.45) is 0 Å². The molecule has 1 amide bonds. The standard InChI is InChI=1S/C10H9Cl4NO2/c11-8(10(12,13)14)6-17-9(16)15-7-4-2-1-3-5-7/h1-5,8H,6H2,(H,15,16). The fourth-order valence-corrected chi connectivity index (χ4v) is 1.17. The van der Waals surface area contributed by atoms with Gasteiger partial charge in [-0.2, -0.15) is 0 Å². The van der Waals surface area contributed by atoms with Crippen LogP contribution in [0, 0.1) is 0 Å². The highest BCUT2D eigenvalue weighted by molar-refractivity contribution is 6.70. The first kappa shape index (κ1) is 14.7. The molecule has 0 saturated heterocycles. The first-order valence-corrected chi connectivity index (χ1v) is 6.16. The van der Waals surface area contributed by atoms with Gasteiger partial charge in [-0.15, -0.1) is 11.6 Å². The third-order valence-corrected chi connectivity index (χ3v) is 3.31. The molecule has 7 heteroatoms. The minimum atomic E-state index is -1.67. The van der Waals surface area contributed by atoms with Crippen LogP contribution < -0.4 is 5.32 Å². The van der Waals surface area contributed by atoms with Gasteiger partial charge in [-0.1, -0.05) is 53.0 Å². The Balaban J connectivity index is 2.36. The smallest absolute Gasteiger partial charge is 0.411 e. The predicted molar refractivity (Wildman–Crippen MR) is 71.3 cm³/mol. The van der Waals surface area contributed by atoms with Crippen LogP contribution >= 0.6 is 46.4 Å². The zero-order valence-electron chi connectivity index (χ0n) is 8.50. The molecule has 1 atom stereocenters. The number of rotatable bonds is 3. The maximum atomic E-state index is 11.3. The number of nitrogens with one attached hydrogen (secondary N) is 1. The molecule has 0 fully saturated rings. The second-order valence-corrected chi connectivity index (χ2v) is 5.99. The van der Waals surface area contributed by atoms with Crippen LogP contribution in [0.2, 0.25) is 0 Å². The van der Waals surface area contributed by atoms with Gasteiger partial charge in [0.1, 0.15) is 12.0 Å². The van der Waals surface area contributed by atoms with Crippen molar-refractivity contribution in [2.75, 3.05) is 11.9 Å². The number of hydrogen-bond donors (Lipinski definition) is 1. The number of para-hydroxylation sites is 1. The predicted octanol–water partition coefficient (Wildman–Crippen LogP) is 4.21. The van der Waals surface area contributed by atoms with E-state index in [0.717, 1.165) is 0 Å². The topological polar surface area (TPSA) is 38.3 Å². The molecule has 0 aromatic heterocycles. The summed E-state index contributed by atoms with van der Waals surface area (Å²) in [7, 11) is 0. The Bertz CT molecular complexity index is 366. The lowest BCUT2D eigenvalue weighted by Gasteiger charge is -2.17. The highest BCUT2D eigenvalue weighted by Gasteiger charge is 2.31. The van der Waals surface area contributed by atoms with E-state index in [1.54, 1.807) is 24.3 Å². The molecular formula is C10H9Cl4NO2. The summed E-state index contributed by atoms with van der Waals surface area (Å²) in [6.07, 6.45) is -0.656. The molecule has 0 aliphatic carbocycles. The van der Waals surface area contributed by atoms with Crippen molar-refractivity contribution >= 4 is 58.2 Å². The minimum absolute atomic E-state index is 0.198. The van der Waals surface area contributed by atoms with Crippen LogP contribution in [0.25, 0.3) is 0 Å². The molecule has 1 rings (SSSR count). The van der Waals surface area contributed by atoms with Gasteiger partial charge < -0.3 is 4.74 Å². The van der Waals surface area contributed by atoms with Gasteiger partial charge in [-0.05, 0) is 12.1 Å². The molecule has 1 aromatic carbocycles. The van der Waals surface area contributed by atoms with E-state index in [0.29, 0.717) is 5.69 Å². The van der Waals surface area contributed by atoms with E-state index in [1.165, 1.54) is 0 Å². The molecule has 1 N–H and O–H groups in total. The molecular weight excluding hydrogens is 308 g/mol. The molecule has 0 heterocycles. The zero-order chi connectivity index (χ0) is 12.9. The summed E-state index contributed by atoms with van der Waals surface area (Å²) in [5.41, 5.74) is 0.609. The number of amides is 1. The molecule has 0 saturated carbocycles. The summed E-state index contributed by atoms with van der Waals surface area (Å²) < 4.78 is 3.13. The van der Waals surface area contributed by atoms with Gasteiger partial charge in [0, 0.05) is 5.69 Å². The van der Waals surface area contributed by atoms with Gasteiger partial charge in [-0.3, -0.25) is 5.32 Å². The molecule has 0 bridgehead atoms. The molecule has 1 aromatic rings.